The van der Waals surface area contributed by atoms with Crippen molar-refractivity contribution in [3.63, 3.8) is 0 Å². The average Bonchev–Trinajstić information content (AvgIpc) is 1.55. The summed E-state index contributed by atoms with van der Waals surface area (Å²) in [5.74, 6) is 0. The molecule has 0 bridgehead atoms. The van der Waals surface area contributed by atoms with Gasteiger partial charge in [-0.15, -0.1) is 0 Å². The molecular weight excluding hydrogens is 227 g/mol. The first-order valence-electron chi connectivity index (χ1n) is 2.58. The summed E-state index contributed by atoms with van der Waals surface area (Å²) in [4.78, 5) is 16.5. The van der Waals surface area contributed by atoms with Gasteiger partial charge >= 0.3 is 7.82 Å². The summed E-state index contributed by atoms with van der Waals surface area (Å²) in [6, 6.07) is 0. The Morgan fingerprint density at radius 2 is 1.82 bits per heavy atom. The van der Waals surface area contributed by atoms with Crippen molar-refractivity contribution in [1.29, 1.82) is 0 Å². The van der Waals surface area contributed by atoms with Gasteiger partial charge < -0.3 is 9.79 Å². The molecule has 0 spiro atoms. The molecule has 0 aromatic heterocycles. The standard InChI is InChI=1S/C3H9O4PS3/c4-8(5,6)7-2-1-3(9,10)11/h9-11H,1-2H2,(H2,4,5,6). The topological polar surface area (TPSA) is 66.8 Å². The van der Waals surface area contributed by atoms with Crippen LogP contribution in [0.3, 0.4) is 0 Å². The van der Waals surface area contributed by atoms with Gasteiger partial charge in [0.1, 0.15) is 3.41 Å². The number of phosphoric ester groups is 1. The van der Waals surface area contributed by atoms with Crippen LogP contribution in [0.4, 0.5) is 0 Å². The van der Waals surface area contributed by atoms with Crippen LogP contribution in [-0.4, -0.2) is 19.8 Å². The van der Waals surface area contributed by atoms with Gasteiger partial charge in [0.2, 0.25) is 0 Å². The van der Waals surface area contributed by atoms with Crippen LogP contribution in [0.5, 0.6) is 0 Å². The maximum atomic E-state index is 10.1. The lowest BCUT2D eigenvalue weighted by atomic mass is 10.5. The van der Waals surface area contributed by atoms with E-state index in [0.29, 0.717) is 0 Å². The van der Waals surface area contributed by atoms with Crippen LogP contribution < -0.4 is 0 Å². The third kappa shape index (κ3) is 11.2. The Balaban J connectivity index is 3.52. The summed E-state index contributed by atoms with van der Waals surface area (Å²) in [6.07, 6.45) is 0.230. The van der Waals surface area contributed by atoms with Crippen LogP contribution in [0.15, 0.2) is 0 Å². The highest BCUT2D eigenvalue weighted by atomic mass is 32.2. The van der Waals surface area contributed by atoms with Crippen molar-refractivity contribution in [1.82, 2.24) is 0 Å². The third-order valence-electron chi connectivity index (χ3n) is 0.697. The highest BCUT2D eigenvalue weighted by molar-refractivity contribution is 8.16. The molecule has 0 unspecified atom stereocenters. The maximum Gasteiger partial charge on any atom is 0.469 e. The Labute approximate surface area is 81.2 Å². The second kappa shape index (κ2) is 4.41. The van der Waals surface area contributed by atoms with E-state index in [-0.39, 0.29) is 13.0 Å². The molecule has 4 nitrogen and oxygen atoms in total. The SMILES string of the molecule is O=P(O)(O)OCCC(S)(S)S. The molecule has 0 aliphatic carbocycles. The van der Waals surface area contributed by atoms with Crippen LogP contribution in [0.25, 0.3) is 0 Å². The van der Waals surface area contributed by atoms with E-state index in [1.807, 2.05) is 0 Å². The van der Waals surface area contributed by atoms with E-state index in [9.17, 15) is 4.57 Å². The molecule has 0 aromatic rings. The first-order valence-corrected chi connectivity index (χ1v) is 5.45. The quantitative estimate of drug-likeness (QED) is 0.286. The molecule has 68 valence electrons. The highest BCUT2D eigenvalue weighted by Crippen LogP contribution is 2.37. The Morgan fingerprint density at radius 3 is 2.09 bits per heavy atom. The van der Waals surface area contributed by atoms with E-state index in [1.165, 1.54) is 0 Å². The summed E-state index contributed by atoms with van der Waals surface area (Å²) in [5.41, 5.74) is 0. The van der Waals surface area contributed by atoms with E-state index in [0.717, 1.165) is 0 Å². The molecule has 0 rings (SSSR count). The van der Waals surface area contributed by atoms with Crippen molar-refractivity contribution in [2.24, 2.45) is 0 Å². The lowest BCUT2D eigenvalue weighted by Crippen LogP contribution is -2.07. The first-order chi connectivity index (χ1) is 4.71. The van der Waals surface area contributed by atoms with E-state index < -0.39 is 11.2 Å². The smallest absolute Gasteiger partial charge is 0.303 e. The molecule has 0 amide bonds. The largest absolute Gasteiger partial charge is 0.469 e. The van der Waals surface area contributed by atoms with Gasteiger partial charge in [-0.05, 0) is 0 Å². The molecule has 0 saturated heterocycles. The summed E-state index contributed by atoms with van der Waals surface area (Å²) in [5, 5.41) is 0. The number of thiol groups is 3. The van der Waals surface area contributed by atoms with E-state index in [2.05, 4.69) is 42.4 Å². The van der Waals surface area contributed by atoms with Crippen molar-refractivity contribution < 1.29 is 18.9 Å². The maximum absolute atomic E-state index is 10.1. The molecular formula is C3H9O4PS3. The van der Waals surface area contributed by atoms with Crippen molar-refractivity contribution >= 4 is 45.7 Å². The highest BCUT2D eigenvalue weighted by Gasteiger charge is 2.18. The number of hydrogen-bond donors (Lipinski definition) is 5. The summed E-state index contributed by atoms with van der Waals surface area (Å²) in [6.45, 7) is -0.124. The van der Waals surface area contributed by atoms with Crippen LogP contribution in [0.1, 0.15) is 6.42 Å². The second-order valence-electron chi connectivity index (χ2n) is 1.85. The predicted molar refractivity (Wildman–Crippen MR) is 52.3 cm³/mol. The van der Waals surface area contributed by atoms with Gasteiger partial charge in [-0.2, -0.15) is 37.9 Å². The van der Waals surface area contributed by atoms with E-state index in [1.54, 1.807) is 0 Å². The van der Waals surface area contributed by atoms with Gasteiger partial charge in [0, 0.05) is 6.42 Å². The molecule has 11 heavy (non-hydrogen) atoms. The zero-order chi connectivity index (χ0) is 9.12. The zero-order valence-corrected chi connectivity index (χ0v) is 8.99. The van der Waals surface area contributed by atoms with Crippen LogP contribution in [0.2, 0.25) is 0 Å². The van der Waals surface area contributed by atoms with Crippen LogP contribution >= 0.6 is 45.7 Å². The molecule has 0 aromatic carbocycles. The molecule has 0 saturated carbocycles. The molecule has 0 radical (unpaired) electrons. The van der Waals surface area contributed by atoms with Gasteiger partial charge in [0.05, 0.1) is 6.61 Å². The second-order valence-corrected chi connectivity index (χ2v) is 6.44. The van der Waals surface area contributed by atoms with Gasteiger partial charge in [-0.25, -0.2) is 4.57 Å². The Hall–Kier alpha value is 1.16. The van der Waals surface area contributed by atoms with E-state index >= 15 is 0 Å². The normalized spacial score (nSPS) is 13.5. The number of phosphoric acid groups is 1. The predicted octanol–water partition coefficient (Wildman–Crippen LogP) is 0.929. The molecule has 0 aliphatic heterocycles. The zero-order valence-electron chi connectivity index (χ0n) is 5.41. The number of hydrogen-bond acceptors (Lipinski definition) is 5. The molecule has 0 atom stereocenters. The van der Waals surface area contributed by atoms with Crippen molar-refractivity contribution in [3.05, 3.63) is 0 Å². The molecule has 0 fully saturated rings. The lowest BCUT2D eigenvalue weighted by Gasteiger charge is -2.14. The van der Waals surface area contributed by atoms with Gasteiger partial charge in [-0.1, -0.05) is 0 Å². The average molecular weight is 236 g/mol. The Kier molecular flexibility index (Phi) is 4.88. The minimum absolute atomic E-state index is 0.124. The number of rotatable bonds is 4. The first kappa shape index (κ1) is 12.2. The summed E-state index contributed by atoms with van der Waals surface area (Å²) >= 11 is 11.6. The third-order valence-corrected chi connectivity index (χ3v) is 1.89. The van der Waals surface area contributed by atoms with Crippen LogP contribution in [-0.2, 0) is 9.09 Å². The van der Waals surface area contributed by atoms with Gasteiger partial charge in [-0.3, -0.25) is 4.52 Å². The minimum Gasteiger partial charge on any atom is -0.303 e. The van der Waals surface area contributed by atoms with Crippen LogP contribution in [0, 0.1) is 0 Å². The van der Waals surface area contributed by atoms with Crippen molar-refractivity contribution in [2.75, 3.05) is 6.61 Å². The summed E-state index contributed by atoms with van der Waals surface area (Å²) in [7, 11) is -4.35. The fourth-order valence-electron chi connectivity index (χ4n) is 0.301. The van der Waals surface area contributed by atoms with Gasteiger partial charge in [0.15, 0.2) is 0 Å². The lowest BCUT2D eigenvalue weighted by molar-refractivity contribution is 0.196. The molecule has 8 heteroatoms. The minimum atomic E-state index is -4.35. The fourth-order valence-corrected chi connectivity index (χ4v) is 0.904. The van der Waals surface area contributed by atoms with Crippen molar-refractivity contribution in [2.45, 2.75) is 9.83 Å². The summed E-state index contributed by atoms with van der Waals surface area (Å²) < 4.78 is 13.4. The monoisotopic (exact) mass is 236 g/mol. The van der Waals surface area contributed by atoms with E-state index in [4.69, 9.17) is 9.79 Å². The fraction of sp³-hybridized carbons (Fsp3) is 1.00. The molecule has 0 heterocycles. The van der Waals surface area contributed by atoms with Crippen molar-refractivity contribution in [3.8, 4) is 0 Å². The Morgan fingerprint density at radius 1 is 1.36 bits per heavy atom. The molecule has 2 N–H and O–H groups in total. The molecule has 0 aliphatic rings. The van der Waals surface area contributed by atoms with Gasteiger partial charge in [0.25, 0.3) is 0 Å². The Bertz CT molecular complexity index is 160.